The molecule has 0 atom stereocenters. The van der Waals surface area contributed by atoms with Gasteiger partial charge < -0.3 is 10.5 Å². The summed E-state index contributed by atoms with van der Waals surface area (Å²) < 4.78 is 17.3. The fraction of sp³-hybridized carbons (Fsp3) is 0.200. The van der Waals surface area contributed by atoms with Crippen LogP contribution in [0.4, 0.5) is 4.39 Å². The van der Waals surface area contributed by atoms with E-state index in [-0.39, 0.29) is 13.2 Å². The lowest BCUT2D eigenvalue weighted by Crippen LogP contribution is -2.10. The van der Waals surface area contributed by atoms with Crippen molar-refractivity contribution >= 4 is 11.6 Å². The van der Waals surface area contributed by atoms with Crippen molar-refractivity contribution in [2.75, 3.05) is 13.2 Å². The molecule has 2 N–H and O–H groups in total. The third-order valence-corrected chi connectivity index (χ3v) is 1.91. The average Bonchev–Trinajstić information content (AvgIpc) is 2.22. The maximum absolute atomic E-state index is 12.1. The van der Waals surface area contributed by atoms with Gasteiger partial charge in [-0.25, -0.2) is 4.39 Å². The van der Waals surface area contributed by atoms with Crippen molar-refractivity contribution in [1.29, 1.82) is 0 Å². The van der Waals surface area contributed by atoms with Crippen molar-refractivity contribution in [2.24, 2.45) is 5.73 Å². The Labute approximate surface area is 87.1 Å². The highest BCUT2D eigenvalue weighted by Gasteiger charge is 1.97. The number of hydrogen-bond acceptors (Lipinski definition) is 2. The largest absolute Gasteiger partial charge is 0.489 e. The quantitative estimate of drug-likeness (QED) is 0.838. The predicted octanol–water partition coefficient (Wildman–Crippen LogP) is 2.53. The topological polar surface area (TPSA) is 35.2 Å². The Morgan fingerprint density at radius 1 is 1.43 bits per heavy atom. The molecule has 0 saturated carbocycles. The molecule has 14 heavy (non-hydrogen) atoms. The molecule has 76 valence electrons. The molecular formula is C10H11ClFNO. The van der Waals surface area contributed by atoms with E-state index >= 15 is 0 Å². The van der Waals surface area contributed by atoms with Gasteiger partial charge in [-0.2, -0.15) is 0 Å². The molecule has 2 nitrogen and oxygen atoms in total. The van der Waals surface area contributed by atoms with Crippen molar-refractivity contribution in [3.8, 4) is 5.75 Å². The molecule has 0 aliphatic heterocycles. The first-order chi connectivity index (χ1) is 6.76. The highest BCUT2D eigenvalue weighted by atomic mass is 35.5. The SMILES string of the molecule is NC/C(=C/F)COc1ccc(Cl)cc1. The fourth-order valence-corrected chi connectivity index (χ4v) is 0.968. The first-order valence-corrected chi connectivity index (χ1v) is 4.50. The van der Waals surface area contributed by atoms with Crippen LogP contribution in [-0.4, -0.2) is 13.2 Å². The summed E-state index contributed by atoms with van der Waals surface area (Å²) in [6.45, 7) is 0.318. The van der Waals surface area contributed by atoms with Crippen LogP contribution < -0.4 is 10.5 Å². The Morgan fingerprint density at radius 3 is 2.57 bits per heavy atom. The van der Waals surface area contributed by atoms with E-state index in [1.807, 2.05) is 0 Å². The maximum atomic E-state index is 12.1. The molecule has 1 aromatic rings. The lowest BCUT2D eigenvalue weighted by molar-refractivity contribution is 0.347. The summed E-state index contributed by atoms with van der Waals surface area (Å²) in [6, 6.07) is 6.85. The fourth-order valence-electron chi connectivity index (χ4n) is 0.842. The number of hydrogen-bond donors (Lipinski definition) is 1. The molecule has 4 heteroatoms. The van der Waals surface area contributed by atoms with E-state index in [1.54, 1.807) is 24.3 Å². The van der Waals surface area contributed by atoms with E-state index in [1.165, 1.54) is 0 Å². The van der Waals surface area contributed by atoms with Gasteiger partial charge in [0.05, 0.1) is 6.33 Å². The van der Waals surface area contributed by atoms with Crippen LogP contribution >= 0.6 is 11.6 Å². The minimum absolute atomic E-state index is 0.157. The smallest absolute Gasteiger partial charge is 0.119 e. The first kappa shape index (κ1) is 11.0. The molecule has 1 aromatic carbocycles. The summed E-state index contributed by atoms with van der Waals surface area (Å²) in [5.74, 6) is 0.641. The third-order valence-electron chi connectivity index (χ3n) is 1.65. The van der Waals surface area contributed by atoms with Gasteiger partial charge in [-0.05, 0) is 24.3 Å². The molecule has 1 rings (SSSR count). The van der Waals surface area contributed by atoms with E-state index in [0.29, 0.717) is 22.7 Å². The molecule has 0 spiro atoms. The Morgan fingerprint density at radius 2 is 2.07 bits per heavy atom. The van der Waals surface area contributed by atoms with Gasteiger partial charge in [0.25, 0.3) is 0 Å². The van der Waals surface area contributed by atoms with Crippen molar-refractivity contribution in [1.82, 2.24) is 0 Å². The van der Waals surface area contributed by atoms with Crippen LogP contribution in [0.1, 0.15) is 0 Å². The Balaban J connectivity index is 2.49. The lowest BCUT2D eigenvalue weighted by Gasteiger charge is -2.06. The zero-order valence-corrected chi connectivity index (χ0v) is 8.30. The second kappa shape index (κ2) is 5.62. The van der Waals surface area contributed by atoms with Crippen molar-refractivity contribution in [3.05, 3.63) is 41.2 Å². The summed E-state index contributed by atoms with van der Waals surface area (Å²) in [7, 11) is 0. The minimum Gasteiger partial charge on any atom is -0.489 e. The van der Waals surface area contributed by atoms with Crippen LogP contribution in [0.2, 0.25) is 5.02 Å². The second-order valence-corrected chi connectivity index (χ2v) is 3.15. The maximum Gasteiger partial charge on any atom is 0.119 e. The van der Waals surface area contributed by atoms with E-state index in [9.17, 15) is 4.39 Å². The van der Waals surface area contributed by atoms with Crippen LogP contribution in [0.25, 0.3) is 0 Å². The molecular weight excluding hydrogens is 205 g/mol. The number of halogens is 2. The number of rotatable bonds is 4. The zero-order chi connectivity index (χ0) is 10.4. The molecule has 0 amide bonds. The lowest BCUT2D eigenvalue weighted by atomic mass is 10.3. The third kappa shape index (κ3) is 3.36. The number of nitrogens with two attached hydrogens (primary N) is 1. The zero-order valence-electron chi connectivity index (χ0n) is 7.54. The van der Waals surface area contributed by atoms with Gasteiger partial charge in [-0.1, -0.05) is 11.6 Å². The molecule has 0 aliphatic rings. The van der Waals surface area contributed by atoms with Crippen LogP contribution in [0, 0.1) is 0 Å². The number of benzene rings is 1. The van der Waals surface area contributed by atoms with Crippen LogP contribution in [0.5, 0.6) is 5.75 Å². The molecule has 0 fully saturated rings. The summed E-state index contributed by atoms with van der Waals surface area (Å²) in [4.78, 5) is 0. The summed E-state index contributed by atoms with van der Waals surface area (Å²) in [5.41, 5.74) is 5.68. The monoisotopic (exact) mass is 215 g/mol. The first-order valence-electron chi connectivity index (χ1n) is 4.13. The van der Waals surface area contributed by atoms with Gasteiger partial charge in [0.1, 0.15) is 12.4 Å². The second-order valence-electron chi connectivity index (χ2n) is 2.71. The summed E-state index contributed by atoms with van der Waals surface area (Å²) in [5, 5.41) is 0.637. The molecule has 0 heterocycles. The average molecular weight is 216 g/mol. The summed E-state index contributed by atoms with van der Waals surface area (Å²) in [6.07, 6.45) is 0.468. The van der Waals surface area contributed by atoms with Crippen LogP contribution in [0.15, 0.2) is 36.2 Å². The van der Waals surface area contributed by atoms with E-state index in [4.69, 9.17) is 22.1 Å². The van der Waals surface area contributed by atoms with Gasteiger partial charge in [-0.3, -0.25) is 0 Å². The molecule has 0 aliphatic carbocycles. The van der Waals surface area contributed by atoms with Crippen LogP contribution in [-0.2, 0) is 0 Å². The highest BCUT2D eigenvalue weighted by molar-refractivity contribution is 6.30. The van der Waals surface area contributed by atoms with Crippen molar-refractivity contribution < 1.29 is 9.13 Å². The molecule has 0 unspecified atom stereocenters. The van der Waals surface area contributed by atoms with Gasteiger partial charge in [0.15, 0.2) is 0 Å². The molecule has 0 saturated heterocycles. The standard InChI is InChI=1S/C10H11ClFNO/c11-9-1-3-10(4-2-9)14-7-8(5-12)6-13/h1-5H,6-7,13H2/b8-5-. The normalized spacial score (nSPS) is 11.5. The van der Waals surface area contributed by atoms with Gasteiger partial charge >= 0.3 is 0 Å². The van der Waals surface area contributed by atoms with Crippen molar-refractivity contribution in [3.63, 3.8) is 0 Å². The van der Waals surface area contributed by atoms with E-state index in [2.05, 4.69) is 0 Å². The van der Waals surface area contributed by atoms with Gasteiger partial charge in [0.2, 0.25) is 0 Å². The number of ether oxygens (including phenoxy) is 1. The molecule has 0 bridgehead atoms. The predicted molar refractivity (Wildman–Crippen MR) is 55.2 cm³/mol. The van der Waals surface area contributed by atoms with Crippen molar-refractivity contribution in [2.45, 2.75) is 0 Å². The van der Waals surface area contributed by atoms with Gasteiger partial charge in [0, 0.05) is 17.1 Å². The summed E-state index contributed by atoms with van der Waals surface area (Å²) >= 11 is 5.68. The Bertz CT molecular complexity index is 310. The Kier molecular flexibility index (Phi) is 4.43. The molecule has 0 aromatic heterocycles. The minimum atomic E-state index is 0.157. The molecule has 0 radical (unpaired) electrons. The van der Waals surface area contributed by atoms with E-state index in [0.717, 1.165) is 0 Å². The van der Waals surface area contributed by atoms with Gasteiger partial charge in [-0.15, -0.1) is 0 Å². The Hall–Kier alpha value is -1.06. The highest BCUT2D eigenvalue weighted by Crippen LogP contribution is 2.15. The van der Waals surface area contributed by atoms with Crippen LogP contribution in [0.3, 0.4) is 0 Å². The van der Waals surface area contributed by atoms with E-state index < -0.39 is 0 Å².